The molecule has 2 N–H and O–H groups in total. The van der Waals surface area contributed by atoms with E-state index in [2.05, 4.69) is 24.5 Å². The van der Waals surface area contributed by atoms with Crippen LogP contribution >= 0.6 is 0 Å². The average Bonchev–Trinajstić information content (AvgIpc) is 2.19. The summed E-state index contributed by atoms with van der Waals surface area (Å²) < 4.78 is 0. The third-order valence-corrected chi connectivity index (χ3v) is 2.58. The van der Waals surface area contributed by atoms with Crippen molar-refractivity contribution in [2.75, 3.05) is 13.1 Å². The minimum atomic E-state index is -0.284. The molecule has 0 aliphatic rings. The molecular formula is C13H28N2O. The van der Waals surface area contributed by atoms with Gasteiger partial charge in [0.1, 0.15) is 0 Å². The highest BCUT2D eigenvalue weighted by Crippen LogP contribution is 2.11. The summed E-state index contributed by atoms with van der Waals surface area (Å²) in [6, 6.07) is 0.548. The van der Waals surface area contributed by atoms with Crippen LogP contribution in [0.15, 0.2) is 0 Å². The smallest absolute Gasteiger partial charge is 0.225 e. The molecule has 0 bridgehead atoms. The van der Waals surface area contributed by atoms with E-state index in [1.165, 1.54) is 19.3 Å². The van der Waals surface area contributed by atoms with Gasteiger partial charge in [-0.15, -0.1) is 0 Å². The van der Waals surface area contributed by atoms with Crippen LogP contribution in [0.25, 0.3) is 0 Å². The Hall–Kier alpha value is -0.570. The van der Waals surface area contributed by atoms with E-state index in [4.69, 9.17) is 0 Å². The zero-order valence-corrected chi connectivity index (χ0v) is 11.5. The monoisotopic (exact) mass is 228 g/mol. The highest BCUT2D eigenvalue weighted by molar-refractivity contribution is 5.81. The van der Waals surface area contributed by atoms with Gasteiger partial charge in [0.25, 0.3) is 0 Å². The van der Waals surface area contributed by atoms with E-state index in [0.717, 1.165) is 6.54 Å². The van der Waals surface area contributed by atoms with Crippen molar-refractivity contribution in [2.24, 2.45) is 5.41 Å². The van der Waals surface area contributed by atoms with Gasteiger partial charge in [0.2, 0.25) is 5.91 Å². The number of amides is 1. The SMILES string of the molecule is CCCCC(C)NCCNC(=O)C(C)(C)C. The standard InChI is InChI=1S/C13H28N2O/c1-6-7-8-11(2)14-9-10-15-12(16)13(3,4)5/h11,14H,6-10H2,1-5H3,(H,15,16). The average molecular weight is 228 g/mol. The molecule has 0 aliphatic carbocycles. The molecule has 0 saturated carbocycles. The van der Waals surface area contributed by atoms with E-state index in [-0.39, 0.29) is 11.3 Å². The van der Waals surface area contributed by atoms with Crippen LogP contribution in [-0.4, -0.2) is 25.0 Å². The summed E-state index contributed by atoms with van der Waals surface area (Å²) in [4.78, 5) is 11.5. The highest BCUT2D eigenvalue weighted by Gasteiger charge is 2.20. The number of hydrogen-bond acceptors (Lipinski definition) is 2. The molecule has 0 aliphatic heterocycles. The van der Waals surface area contributed by atoms with Gasteiger partial charge in [0.15, 0.2) is 0 Å². The lowest BCUT2D eigenvalue weighted by atomic mass is 9.96. The maximum atomic E-state index is 11.5. The molecule has 0 radical (unpaired) electrons. The van der Waals surface area contributed by atoms with Gasteiger partial charge in [-0.25, -0.2) is 0 Å². The lowest BCUT2D eigenvalue weighted by Crippen LogP contribution is -2.40. The minimum Gasteiger partial charge on any atom is -0.354 e. The van der Waals surface area contributed by atoms with E-state index in [1.54, 1.807) is 0 Å². The highest BCUT2D eigenvalue weighted by atomic mass is 16.2. The maximum absolute atomic E-state index is 11.5. The lowest BCUT2D eigenvalue weighted by molar-refractivity contribution is -0.128. The Kier molecular flexibility index (Phi) is 7.39. The van der Waals surface area contributed by atoms with E-state index in [0.29, 0.717) is 12.6 Å². The van der Waals surface area contributed by atoms with Crippen LogP contribution in [-0.2, 0) is 4.79 Å². The van der Waals surface area contributed by atoms with Gasteiger partial charge in [-0.2, -0.15) is 0 Å². The molecule has 0 aromatic rings. The summed E-state index contributed by atoms with van der Waals surface area (Å²) in [6.45, 7) is 11.8. The quantitative estimate of drug-likeness (QED) is 0.657. The minimum absolute atomic E-state index is 0.121. The van der Waals surface area contributed by atoms with Crippen molar-refractivity contribution in [1.29, 1.82) is 0 Å². The second-order valence-electron chi connectivity index (χ2n) is 5.50. The molecular weight excluding hydrogens is 200 g/mol. The Labute approximate surface area is 100 Å². The zero-order chi connectivity index (χ0) is 12.6. The molecule has 96 valence electrons. The topological polar surface area (TPSA) is 41.1 Å². The van der Waals surface area contributed by atoms with Crippen molar-refractivity contribution in [3.8, 4) is 0 Å². The predicted octanol–water partition coefficient (Wildman–Crippen LogP) is 2.32. The van der Waals surface area contributed by atoms with E-state index in [1.807, 2.05) is 20.8 Å². The molecule has 0 rings (SSSR count). The summed E-state index contributed by atoms with van der Waals surface area (Å²) in [7, 11) is 0. The van der Waals surface area contributed by atoms with Crippen molar-refractivity contribution in [3.05, 3.63) is 0 Å². The first-order chi connectivity index (χ1) is 7.38. The number of carbonyl (C=O) groups excluding carboxylic acids is 1. The van der Waals surface area contributed by atoms with Crippen LogP contribution < -0.4 is 10.6 Å². The van der Waals surface area contributed by atoms with Crippen LogP contribution in [0, 0.1) is 5.41 Å². The number of rotatable bonds is 7. The normalized spacial score (nSPS) is 13.6. The Morgan fingerprint density at radius 2 is 1.88 bits per heavy atom. The van der Waals surface area contributed by atoms with Gasteiger partial charge in [-0.05, 0) is 13.3 Å². The number of unbranched alkanes of at least 4 members (excludes halogenated alkanes) is 1. The summed E-state index contributed by atoms with van der Waals surface area (Å²) in [5.74, 6) is 0.121. The van der Waals surface area contributed by atoms with Crippen LogP contribution in [0.5, 0.6) is 0 Å². The molecule has 0 saturated heterocycles. The number of carbonyl (C=O) groups is 1. The third kappa shape index (κ3) is 7.69. The third-order valence-electron chi connectivity index (χ3n) is 2.58. The first kappa shape index (κ1) is 15.4. The molecule has 0 aromatic heterocycles. The van der Waals surface area contributed by atoms with Gasteiger partial charge in [0.05, 0.1) is 0 Å². The van der Waals surface area contributed by atoms with Gasteiger partial charge in [0, 0.05) is 24.5 Å². The molecule has 0 spiro atoms. The summed E-state index contributed by atoms with van der Waals surface area (Å²) in [5, 5.41) is 6.34. The van der Waals surface area contributed by atoms with Crippen molar-refractivity contribution in [2.45, 2.75) is 59.9 Å². The zero-order valence-electron chi connectivity index (χ0n) is 11.5. The van der Waals surface area contributed by atoms with Gasteiger partial charge < -0.3 is 10.6 Å². The van der Waals surface area contributed by atoms with Crippen LogP contribution in [0.3, 0.4) is 0 Å². The van der Waals surface area contributed by atoms with Gasteiger partial charge in [-0.3, -0.25) is 4.79 Å². The fourth-order valence-electron chi connectivity index (χ4n) is 1.37. The second kappa shape index (κ2) is 7.66. The Morgan fingerprint density at radius 1 is 1.25 bits per heavy atom. The first-order valence-corrected chi connectivity index (χ1v) is 6.39. The van der Waals surface area contributed by atoms with Gasteiger partial charge >= 0.3 is 0 Å². The first-order valence-electron chi connectivity index (χ1n) is 6.39. The summed E-state index contributed by atoms with van der Waals surface area (Å²) in [5.41, 5.74) is -0.284. The fourth-order valence-corrected chi connectivity index (χ4v) is 1.37. The Balaban J connectivity index is 3.50. The Bertz CT molecular complexity index is 197. The maximum Gasteiger partial charge on any atom is 0.225 e. The Morgan fingerprint density at radius 3 is 2.38 bits per heavy atom. The van der Waals surface area contributed by atoms with Crippen molar-refractivity contribution in [3.63, 3.8) is 0 Å². The predicted molar refractivity (Wildman–Crippen MR) is 69.5 cm³/mol. The largest absolute Gasteiger partial charge is 0.354 e. The van der Waals surface area contributed by atoms with Crippen LogP contribution in [0.2, 0.25) is 0 Å². The van der Waals surface area contributed by atoms with Crippen LogP contribution in [0.1, 0.15) is 53.9 Å². The molecule has 3 nitrogen and oxygen atoms in total. The number of hydrogen-bond donors (Lipinski definition) is 2. The van der Waals surface area contributed by atoms with Crippen molar-refractivity contribution < 1.29 is 4.79 Å². The molecule has 0 fully saturated rings. The molecule has 1 atom stereocenters. The molecule has 0 heterocycles. The molecule has 0 aromatic carbocycles. The molecule has 1 unspecified atom stereocenters. The summed E-state index contributed by atoms with van der Waals surface area (Å²) >= 11 is 0. The fraction of sp³-hybridized carbons (Fsp3) is 0.923. The number of nitrogens with one attached hydrogen (secondary N) is 2. The summed E-state index contributed by atoms with van der Waals surface area (Å²) in [6.07, 6.45) is 3.72. The van der Waals surface area contributed by atoms with Crippen molar-refractivity contribution >= 4 is 5.91 Å². The van der Waals surface area contributed by atoms with Crippen LogP contribution in [0.4, 0.5) is 0 Å². The van der Waals surface area contributed by atoms with E-state index in [9.17, 15) is 4.79 Å². The van der Waals surface area contributed by atoms with E-state index >= 15 is 0 Å². The second-order valence-corrected chi connectivity index (χ2v) is 5.50. The molecule has 3 heteroatoms. The molecule has 16 heavy (non-hydrogen) atoms. The lowest BCUT2D eigenvalue weighted by Gasteiger charge is -2.18. The van der Waals surface area contributed by atoms with Gasteiger partial charge in [-0.1, -0.05) is 40.5 Å². The van der Waals surface area contributed by atoms with Crippen molar-refractivity contribution in [1.82, 2.24) is 10.6 Å². The van der Waals surface area contributed by atoms with E-state index < -0.39 is 0 Å². The molecule has 1 amide bonds.